The van der Waals surface area contributed by atoms with Gasteiger partial charge < -0.3 is 4.90 Å². The molecule has 2 heteroatoms. The van der Waals surface area contributed by atoms with Crippen molar-refractivity contribution in [2.45, 2.75) is 13.3 Å². The van der Waals surface area contributed by atoms with Crippen LogP contribution in [0.5, 0.6) is 0 Å². The molecule has 0 aromatic heterocycles. The van der Waals surface area contributed by atoms with E-state index in [1.807, 2.05) is 31.3 Å². The quantitative estimate of drug-likeness (QED) is 0.514. The molecule has 0 spiro atoms. The summed E-state index contributed by atoms with van der Waals surface area (Å²) in [5, 5.41) is 0. The van der Waals surface area contributed by atoms with E-state index in [1.165, 1.54) is 5.57 Å². The Morgan fingerprint density at radius 1 is 1.45 bits per heavy atom. The van der Waals surface area contributed by atoms with Crippen LogP contribution < -0.4 is 0 Å². The van der Waals surface area contributed by atoms with Crippen molar-refractivity contribution < 1.29 is 0 Å². The van der Waals surface area contributed by atoms with Gasteiger partial charge in [-0.15, -0.1) is 0 Å². The Bertz CT molecular complexity index is 222. The fraction of sp³-hybridized carbons (Fsp3) is 0.444. The third-order valence-corrected chi connectivity index (χ3v) is 1.58. The van der Waals surface area contributed by atoms with Crippen LogP contribution in [0, 0.1) is 0 Å². The predicted molar refractivity (Wildman–Crippen MR) is 48.6 cm³/mol. The number of aliphatic imine (C=N–C) groups is 1. The smallest absolute Gasteiger partial charge is 0.127 e. The maximum Gasteiger partial charge on any atom is 0.127 e. The molecule has 0 atom stereocenters. The molecule has 0 saturated heterocycles. The second-order valence-corrected chi connectivity index (χ2v) is 2.96. The molecule has 0 saturated carbocycles. The lowest BCUT2D eigenvalue weighted by Gasteiger charge is -2.09. The number of likely N-dealkylation sites (N-methyl/N-ethyl adjacent to an activating group) is 1. The van der Waals surface area contributed by atoms with Crippen molar-refractivity contribution in [2.75, 3.05) is 14.1 Å². The SMILES string of the molecule is CC1=CN=C(N(C)C)C=CC1. The molecule has 2 nitrogen and oxygen atoms in total. The summed E-state index contributed by atoms with van der Waals surface area (Å²) in [5.41, 5.74) is 1.30. The van der Waals surface area contributed by atoms with Gasteiger partial charge in [0.15, 0.2) is 0 Å². The molecule has 1 aliphatic rings. The number of amidine groups is 1. The largest absolute Gasteiger partial charge is 0.363 e. The van der Waals surface area contributed by atoms with Gasteiger partial charge in [0, 0.05) is 20.3 Å². The fourth-order valence-corrected chi connectivity index (χ4v) is 0.887. The van der Waals surface area contributed by atoms with E-state index in [2.05, 4.69) is 18.0 Å². The second kappa shape index (κ2) is 3.37. The first-order chi connectivity index (χ1) is 5.20. The minimum absolute atomic E-state index is 1.01. The molecular weight excluding hydrogens is 136 g/mol. The van der Waals surface area contributed by atoms with E-state index in [1.54, 1.807) is 0 Å². The first-order valence-corrected chi connectivity index (χ1v) is 3.77. The molecule has 0 radical (unpaired) electrons. The van der Waals surface area contributed by atoms with E-state index in [0.717, 1.165) is 12.3 Å². The zero-order chi connectivity index (χ0) is 8.27. The molecule has 1 aliphatic heterocycles. The monoisotopic (exact) mass is 150 g/mol. The average molecular weight is 150 g/mol. The van der Waals surface area contributed by atoms with Gasteiger partial charge in [0.05, 0.1) is 0 Å². The van der Waals surface area contributed by atoms with Crippen molar-refractivity contribution in [3.05, 3.63) is 23.9 Å². The zero-order valence-electron chi connectivity index (χ0n) is 7.33. The van der Waals surface area contributed by atoms with Crippen molar-refractivity contribution in [3.63, 3.8) is 0 Å². The van der Waals surface area contributed by atoms with Crippen LogP contribution in [0.1, 0.15) is 13.3 Å². The highest BCUT2D eigenvalue weighted by molar-refractivity contribution is 5.93. The maximum absolute atomic E-state index is 4.30. The summed E-state index contributed by atoms with van der Waals surface area (Å²) in [6.45, 7) is 2.09. The number of nitrogens with zero attached hydrogens (tertiary/aromatic N) is 2. The van der Waals surface area contributed by atoms with Crippen LogP contribution in [-0.4, -0.2) is 24.8 Å². The van der Waals surface area contributed by atoms with Gasteiger partial charge in [0.25, 0.3) is 0 Å². The topological polar surface area (TPSA) is 15.6 Å². The number of rotatable bonds is 0. The van der Waals surface area contributed by atoms with Crippen LogP contribution in [0.15, 0.2) is 28.9 Å². The molecule has 0 aromatic rings. The molecule has 0 fully saturated rings. The van der Waals surface area contributed by atoms with Gasteiger partial charge in [-0.05, 0) is 19.4 Å². The molecule has 0 aromatic carbocycles. The maximum atomic E-state index is 4.30. The van der Waals surface area contributed by atoms with Crippen LogP contribution in [0.25, 0.3) is 0 Å². The zero-order valence-corrected chi connectivity index (χ0v) is 7.33. The van der Waals surface area contributed by atoms with Crippen molar-refractivity contribution in [3.8, 4) is 0 Å². The summed E-state index contributed by atoms with van der Waals surface area (Å²) in [7, 11) is 4.00. The van der Waals surface area contributed by atoms with Crippen molar-refractivity contribution in [2.24, 2.45) is 4.99 Å². The van der Waals surface area contributed by atoms with Crippen LogP contribution in [-0.2, 0) is 0 Å². The van der Waals surface area contributed by atoms with Gasteiger partial charge in [0.2, 0.25) is 0 Å². The van der Waals surface area contributed by atoms with Gasteiger partial charge >= 0.3 is 0 Å². The third kappa shape index (κ3) is 2.22. The molecule has 1 heterocycles. The first kappa shape index (κ1) is 8.05. The van der Waals surface area contributed by atoms with Gasteiger partial charge in [-0.3, -0.25) is 0 Å². The fourth-order valence-electron chi connectivity index (χ4n) is 0.887. The van der Waals surface area contributed by atoms with Gasteiger partial charge in [0.1, 0.15) is 5.84 Å². The molecule has 0 amide bonds. The lowest BCUT2D eigenvalue weighted by atomic mass is 10.2. The highest BCUT2D eigenvalue weighted by Crippen LogP contribution is 2.05. The highest BCUT2D eigenvalue weighted by Gasteiger charge is 1.97. The van der Waals surface area contributed by atoms with Gasteiger partial charge in [-0.25, -0.2) is 4.99 Å². The summed E-state index contributed by atoms with van der Waals surface area (Å²) in [6, 6.07) is 0. The molecule has 60 valence electrons. The minimum atomic E-state index is 1.01. The predicted octanol–water partition coefficient (Wildman–Crippen LogP) is 1.81. The van der Waals surface area contributed by atoms with E-state index in [9.17, 15) is 0 Å². The lowest BCUT2D eigenvalue weighted by Crippen LogP contribution is -2.18. The Hall–Kier alpha value is -1.05. The molecule has 0 bridgehead atoms. The minimum Gasteiger partial charge on any atom is -0.363 e. The molecule has 11 heavy (non-hydrogen) atoms. The van der Waals surface area contributed by atoms with Crippen LogP contribution in [0.2, 0.25) is 0 Å². The number of hydrogen-bond donors (Lipinski definition) is 0. The molecule has 0 unspecified atom stereocenters. The van der Waals surface area contributed by atoms with E-state index >= 15 is 0 Å². The molecule has 0 aliphatic carbocycles. The van der Waals surface area contributed by atoms with Crippen molar-refractivity contribution >= 4 is 5.84 Å². The molecule has 0 N–H and O–H groups in total. The van der Waals surface area contributed by atoms with E-state index in [0.29, 0.717) is 0 Å². The highest BCUT2D eigenvalue weighted by atomic mass is 15.1. The van der Waals surface area contributed by atoms with Crippen molar-refractivity contribution in [1.29, 1.82) is 0 Å². The first-order valence-electron chi connectivity index (χ1n) is 3.77. The summed E-state index contributed by atoms with van der Waals surface area (Å²) in [6.07, 6.45) is 7.13. The average Bonchev–Trinajstić information content (AvgIpc) is 2.13. The Kier molecular flexibility index (Phi) is 2.47. The molecular formula is C9H14N2. The Labute approximate surface area is 67.9 Å². The molecule has 1 rings (SSSR count). The number of allylic oxidation sites excluding steroid dienone is 2. The Morgan fingerprint density at radius 3 is 2.82 bits per heavy atom. The Morgan fingerprint density at radius 2 is 2.18 bits per heavy atom. The number of hydrogen-bond acceptors (Lipinski definition) is 2. The summed E-state index contributed by atoms with van der Waals surface area (Å²) >= 11 is 0. The van der Waals surface area contributed by atoms with Gasteiger partial charge in [-0.1, -0.05) is 11.6 Å². The van der Waals surface area contributed by atoms with Crippen molar-refractivity contribution in [1.82, 2.24) is 4.90 Å². The van der Waals surface area contributed by atoms with Crippen LogP contribution in [0.3, 0.4) is 0 Å². The lowest BCUT2D eigenvalue weighted by molar-refractivity contribution is 0.626. The summed E-state index contributed by atoms with van der Waals surface area (Å²) < 4.78 is 0. The second-order valence-electron chi connectivity index (χ2n) is 2.96. The normalized spacial score (nSPS) is 17.0. The summed E-state index contributed by atoms with van der Waals surface area (Å²) in [4.78, 5) is 6.30. The van der Waals surface area contributed by atoms with E-state index in [4.69, 9.17) is 0 Å². The van der Waals surface area contributed by atoms with Crippen LogP contribution in [0.4, 0.5) is 0 Å². The summed E-state index contributed by atoms with van der Waals surface area (Å²) in [5.74, 6) is 1.02. The van der Waals surface area contributed by atoms with E-state index < -0.39 is 0 Å². The van der Waals surface area contributed by atoms with Crippen LogP contribution >= 0.6 is 0 Å². The third-order valence-electron chi connectivity index (χ3n) is 1.58. The van der Waals surface area contributed by atoms with Gasteiger partial charge in [-0.2, -0.15) is 0 Å². The standard InChI is InChI=1S/C9H14N2/c1-8-5-4-6-9(10-7-8)11(2)3/h4,6-7H,5H2,1-3H3. The van der Waals surface area contributed by atoms with E-state index in [-0.39, 0.29) is 0 Å². The Balaban J connectivity index is 2.81.